The molecule has 1 heterocycles. The van der Waals surface area contributed by atoms with Gasteiger partial charge in [-0.1, -0.05) is 61.5 Å². The molecule has 0 radical (unpaired) electrons. The third-order valence-electron chi connectivity index (χ3n) is 5.00. The van der Waals surface area contributed by atoms with E-state index in [1.54, 1.807) is 60.3 Å². The molecule has 0 aromatic heterocycles. The zero-order chi connectivity index (χ0) is 22.6. The van der Waals surface area contributed by atoms with E-state index in [1.807, 2.05) is 37.3 Å². The first kappa shape index (κ1) is 22.2. The molecular weight excluding hydrogens is 444 g/mol. The second-order valence-electron chi connectivity index (χ2n) is 7.27. The largest absolute Gasteiger partial charge is 0.476 e. The van der Waals surface area contributed by atoms with Crippen molar-refractivity contribution < 1.29 is 17.9 Å². The fraction of sp³-hybridized carbons (Fsp3) is 0.208. The van der Waals surface area contributed by atoms with Crippen LogP contribution in [0, 0.1) is 0 Å². The number of benzene rings is 3. The van der Waals surface area contributed by atoms with Crippen LogP contribution in [0.3, 0.4) is 0 Å². The monoisotopic (exact) mass is 468 g/mol. The van der Waals surface area contributed by atoms with E-state index in [4.69, 9.17) is 4.74 Å². The maximum atomic E-state index is 13.3. The minimum atomic E-state index is -3.74. The van der Waals surface area contributed by atoms with Gasteiger partial charge in [-0.05, 0) is 35.6 Å². The van der Waals surface area contributed by atoms with Crippen LogP contribution in [0.25, 0.3) is 0 Å². The maximum Gasteiger partial charge on any atom is 0.267 e. The van der Waals surface area contributed by atoms with E-state index in [1.165, 1.54) is 4.31 Å². The highest BCUT2D eigenvalue weighted by Gasteiger charge is 2.36. The van der Waals surface area contributed by atoms with Crippen LogP contribution < -0.4 is 14.4 Å². The van der Waals surface area contributed by atoms with Crippen molar-refractivity contribution in [1.29, 1.82) is 0 Å². The highest BCUT2D eigenvalue weighted by molar-refractivity contribution is 7.99. The van der Waals surface area contributed by atoms with Crippen molar-refractivity contribution in [1.82, 2.24) is 0 Å². The molecule has 0 aliphatic carbocycles. The third-order valence-corrected chi connectivity index (χ3v) is 7.67. The molecule has 0 fully saturated rings. The van der Waals surface area contributed by atoms with E-state index in [0.29, 0.717) is 22.7 Å². The number of ether oxygens (including phenoxy) is 1. The first-order chi connectivity index (χ1) is 15.5. The van der Waals surface area contributed by atoms with Gasteiger partial charge in [0.25, 0.3) is 5.91 Å². The lowest BCUT2D eigenvalue weighted by Gasteiger charge is -2.34. The van der Waals surface area contributed by atoms with E-state index >= 15 is 0 Å². The Morgan fingerprint density at radius 1 is 1.03 bits per heavy atom. The normalized spacial score (nSPS) is 15.5. The number of amides is 1. The molecule has 32 heavy (non-hydrogen) atoms. The summed E-state index contributed by atoms with van der Waals surface area (Å²) in [6, 6.07) is 23.4. The maximum absolute atomic E-state index is 13.3. The van der Waals surface area contributed by atoms with E-state index in [2.05, 4.69) is 5.32 Å². The van der Waals surface area contributed by atoms with Crippen LogP contribution in [0.2, 0.25) is 0 Å². The Morgan fingerprint density at radius 2 is 1.72 bits per heavy atom. The topological polar surface area (TPSA) is 75.7 Å². The van der Waals surface area contributed by atoms with E-state index in [0.717, 1.165) is 10.6 Å². The molecule has 1 N–H and O–H groups in total. The molecule has 3 aromatic carbocycles. The molecule has 1 aliphatic rings. The molecular formula is C24H24N2O4S2. The molecule has 0 saturated heterocycles. The second kappa shape index (κ2) is 9.67. The Balaban J connectivity index is 1.60. The van der Waals surface area contributed by atoms with Crippen molar-refractivity contribution in [2.45, 2.75) is 23.7 Å². The van der Waals surface area contributed by atoms with Crippen molar-refractivity contribution in [2.75, 3.05) is 21.9 Å². The molecule has 1 atom stereocenters. The number of carbonyl (C=O) groups excluding carboxylic acids is 1. The standard InChI is InChI=1S/C24H24N2O4S2/c1-2-31-23-15-9-6-12-19(23)25-24(27)22-16-26(20-13-7-8-14-21(20)30-22)32(28,29)17-18-10-4-3-5-11-18/h3-15,22H,2,16-17H2,1H3,(H,25,27)/t22-/m1/s1. The molecule has 4 rings (SSSR count). The molecule has 1 aliphatic heterocycles. The van der Waals surface area contributed by atoms with Crippen molar-refractivity contribution in [3.63, 3.8) is 0 Å². The van der Waals surface area contributed by atoms with Crippen molar-refractivity contribution >= 4 is 39.1 Å². The zero-order valence-corrected chi connectivity index (χ0v) is 19.2. The van der Waals surface area contributed by atoms with Gasteiger partial charge in [-0.25, -0.2) is 8.42 Å². The van der Waals surface area contributed by atoms with Crippen LogP contribution in [0.1, 0.15) is 12.5 Å². The predicted octanol–water partition coefficient (Wildman–Crippen LogP) is 4.53. The summed E-state index contributed by atoms with van der Waals surface area (Å²) in [6.45, 7) is 1.95. The van der Waals surface area contributed by atoms with Gasteiger partial charge in [-0.3, -0.25) is 9.10 Å². The van der Waals surface area contributed by atoms with Crippen LogP contribution in [0.15, 0.2) is 83.8 Å². The number of thioether (sulfide) groups is 1. The summed E-state index contributed by atoms with van der Waals surface area (Å²) in [6.07, 6.45) is -0.977. The van der Waals surface area contributed by atoms with Crippen molar-refractivity contribution in [2.24, 2.45) is 0 Å². The van der Waals surface area contributed by atoms with Crippen LogP contribution in [-0.4, -0.2) is 32.7 Å². The fourth-order valence-electron chi connectivity index (χ4n) is 3.53. The van der Waals surface area contributed by atoms with Crippen molar-refractivity contribution in [3.8, 4) is 5.75 Å². The molecule has 0 unspecified atom stereocenters. The Bertz CT molecular complexity index is 1200. The number of carbonyl (C=O) groups is 1. The molecule has 166 valence electrons. The molecule has 0 saturated carbocycles. The first-order valence-electron chi connectivity index (χ1n) is 10.3. The number of hydrogen-bond donors (Lipinski definition) is 1. The zero-order valence-electron chi connectivity index (χ0n) is 17.6. The number of hydrogen-bond acceptors (Lipinski definition) is 5. The number of fused-ring (bicyclic) bond motifs is 1. The average Bonchev–Trinajstić information content (AvgIpc) is 2.80. The Labute approximate surface area is 192 Å². The summed E-state index contributed by atoms with van der Waals surface area (Å²) in [5.74, 6) is 0.688. The number of rotatable bonds is 7. The van der Waals surface area contributed by atoms with Crippen molar-refractivity contribution in [3.05, 3.63) is 84.4 Å². The molecule has 0 spiro atoms. The number of para-hydroxylation sites is 3. The van der Waals surface area contributed by atoms with Crippen LogP contribution in [-0.2, 0) is 20.6 Å². The van der Waals surface area contributed by atoms with Gasteiger partial charge in [0.15, 0.2) is 6.10 Å². The second-order valence-corrected chi connectivity index (χ2v) is 10.5. The lowest BCUT2D eigenvalue weighted by molar-refractivity contribution is -0.122. The van der Waals surface area contributed by atoms with E-state index in [-0.39, 0.29) is 18.2 Å². The third kappa shape index (κ3) is 4.92. The Morgan fingerprint density at radius 3 is 2.50 bits per heavy atom. The van der Waals surface area contributed by atoms with Crippen LogP contribution in [0.5, 0.6) is 5.75 Å². The molecule has 1 amide bonds. The lowest BCUT2D eigenvalue weighted by atomic mass is 10.2. The Kier molecular flexibility index (Phi) is 6.72. The average molecular weight is 469 g/mol. The summed E-state index contributed by atoms with van der Waals surface area (Å²) in [4.78, 5) is 14.0. The highest BCUT2D eigenvalue weighted by Crippen LogP contribution is 2.36. The lowest BCUT2D eigenvalue weighted by Crippen LogP contribution is -2.49. The summed E-state index contributed by atoms with van der Waals surface area (Å²) < 4.78 is 33.8. The minimum absolute atomic E-state index is 0.0961. The number of sulfonamides is 1. The molecule has 0 bridgehead atoms. The van der Waals surface area contributed by atoms with Gasteiger partial charge in [-0.2, -0.15) is 0 Å². The van der Waals surface area contributed by atoms with Gasteiger partial charge in [0, 0.05) is 4.90 Å². The summed E-state index contributed by atoms with van der Waals surface area (Å²) in [5, 5.41) is 2.91. The summed E-state index contributed by atoms with van der Waals surface area (Å²) in [7, 11) is -3.74. The fourth-order valence-corrected chi connectivity index (χ4v) is 5.87. The predicted molar refractivity (Wildman–Crippen MR) is 129 cm³/mol. The van der Waals surface area contributed by atoms with Gasteiger partial charge in [-0.15, -0.1) is 11.8 Å². The number of nitrogens with one attached hydrogen (secondary N) is 1. The summed E-state index contributed by atoms with van der Waals surface area (Å²) >= 11 is 1.62. The van der Waals surface area contributed by atoms with E-state index in [9.17, 15) is 13.2 Å². The van der Waals surface area contributed by atoms with Crippen LogP contribution >= 0.6 is 11.8 Å². The summed E-state index contributed by atoms with van der Waals surface area (Å²) in [5.41, 5.74) is 1.81. The quantitative estimate of drug-likeness (QED) is 0.516. The van der Waals surface area contributed by atoms with Crippen LogP contribution in [0.4, 0.5) is 11.4 Å². The number of nitrogens with zero attached hydrogens (tertiary/aromatic N) is 1. The van der Waals surface area contributed by atoms with Gasteiger partial charge in [0.1, 0.15) is 5.75 Å². The van der Waals surface area contributed by atoms with Gasteiger partial charge < -0.3 is 10.1 Å². The molecule has 6 nitrogen and oxygen atoms in total. The number of anilines is 2. The van der Waals surface area contributed by atoms with Gasteiger partial charge in [0.2, 0.25) is 10.0 Å². The molecule has 3 aromatic rings. The van der Waals surface area contributed by atoms with Gasteiger partial charge >= 0.3 is 0 Å². The first-order valence-corrected chi connectivity index (χ1v) is 12.9. The highest BCUT2D eigenvalue weighted by atomic mass is 32.2. The Hall–Kier alpha value is -2.97. The minimum Gasteiger partial charge on any atom is -0.476 e. The molecule has 8 heteroatoms. The SMILES string of the molecule is CCSc1ccccc1NC(=O)[C@H]1CN(S(=O)(=O)Cc2ccccc2)c2ccccc2O1. The smallest absolute Gasteiger partial charge is 0.267 e. The van der Waals surface area contributed by atoms with E-state index < -0.39 is 16.1 Å². The van der Waals surface area contributed by atoms with Gasteiger partial charge in [0.05, 0.1) is 23.7 Å².